The van der Waals surface area contributed by atoms with E-state index in [4.69, 9.17) is 0 Å². The van der Waals surface area contributed by atoms with Crippen LogP contribution in [0.2, 0.25) is 0 Å². The second kappa shape index (κ2) is 4.64. The molecule has 0 saturated heterocycles. The van der Waals surface area contributed by atoms with Gasteiger partial charge in [0.25, 0.3) is 0 Å². The first-order valence-corrected chi connectivity index (χ1v) is 7.22. The maximum Gasteiger partial charge on any atom is 0.0843 e. The van der Waals surface area contributed by atoms with Crippen LogP contribution in [0, 0.1) is 5.92 Å². The van der Waals surface area contributed by atoms with Crippen LogP contribution >= 0.6 is 43.2 Å². The normalized spacial score (nSPS) is 26.2. The third kappa shape index (κ3) is 2.60. The minimum absolute atomic E-state index is 0.754. The monoisotopic (exact) mass is 337 g/mol. The topological polar surface area (TPSA) is 12.0 Å². The van der Waals surface area contributed by atoms with Crippen LogP contribution < -0.4 is 5.32 Å². The first kappa shape index (κ1) is 11.1. The van der Waals surface area contributed by atoms with Crippen molar-refractivity contribution >= 4 is 43.2 Å². The zero-order chi connectivity index (χ0) is 10.1. The third-order valence-corrected chi connectivity index (χ3v) is 5.89. The molecule has 2 rings (SSSR count). The third-order valence-electron chi connectivity index (χ3n) is 2.63. The van der Waals surface area contributed by atoms with Crippen molar-refractivity contribution in [2.24, 2.45) is 5.92 Å². The molecule has 1 aromatic heterocycles. The lowest BCUT2D eigenvalue weighted by molar-refractivity contribution is 0.241. The molecular formula is C10H13Br2NS. The van der Waals surface area contributed by atoms with Crippen LogP contribution in [-0.4, -0.2) is 6.04 Å². The number of hydrogen-bond donors (Lipinski definition) is 1. The average molecular weight is 339 g/mol. The predicted octanol–water partition coefficient (Wildman–Crippen LogP) is 4.16. The van der Waals surface area contributed by atoms with Gasteiger partial charge in [0.15, 0.2) is 0 Å². The fourth-order valence-electron chi connectivity index (χ4n) is 1.79. The SMILES string of the molecule is CC1CC(NCc2cc(Br)c(Br)s2)C1. The Labute approximate surface area is 106 Å². The molecule has 0 amide bonds. The minimum Gasteiger partial charge on any atom is -0.309 e. The zero-order valence-corrected chi connectivity index (χ0v) is 12.0. The maximum atomic E-state index is 3.58. The standard InChI is InChI=1S/C10H13Br2NS/c1-6-2-7(3-6)13-5-8-4-9(11)10(12)14-8/h4,6-7,13H,2-3,5H2,1H3. The summed E-state index contributed by atoms with van der Waals surface area (Å²) in [6.07, 6.45) is 2.68. The summed E-state index contributed by atoms with van der Waals surface area (Å²) in [6, 6.07) is 2.94. The van der Waals surface area contributed by atoms with E-state index in [1.807, 2.05) is 0 Å². The van der Waals surface area contributed by atoms with Crippen molar-refractivity contribution < 1.29 is 0 Å². The van der Waals surface area contributed by atoms with Crippen LogP contribution in [-0.2, 0) is 6.54 Å². The van der Waals surface area contributed by atoms with E-state index in [9.17, 15) is 0 Å². The molecule has 0 atom stereocenters. The summed E-state index contributed by atoms with van der Waals surface area (Å²) in [5.74, 6) is 0.925. The van der Waals surface area contributed by atoms with E-state index in [0.29, 0.717) is 0 Å². The summed E-state index contributed by atoms with van der Waals surface area (Å²) in [5, 5.41) is 3.58. The Kier molecular flexibility index (Phi) is 3.68. The minimum atomic E-state index is 0.754. The van der Waals surface area contributed by atoms with Gasteiger partial charge in [-0.15, -0.1) is 11.3 Å². The molecule has 1 nitrogen and oxygen atoms in total. The first-order valence-electron chi connectivity index (χ1n) is 4.82. The molecule has 1 fully saturated rings. The summed E-state index contributed by atoms with van der Waals surface area (Å²) in [5.41, 5.74) is 0. The van der Waals surface area contributed by atoms with Crippen LogP contribution in [0.4, 0.5) is 0 Å². The van der Waals surface area contributed by atoms with Crippen molar-refractivity contribution in [2.75, 3.05) is 0 Å². The molecule has 0 spiro atoms. The van der Waals surface area contributed by atoms with Gasteiger partial charge in [-0.05, 0) is 56.7 Å². The Balaban J connectivity index is 1.80. The fourth-order valence-corrected chi connectivity index (χ4v) is 3.92. The molecule has 0 unspecified atom stereocenters. The highest BCUT2D eigenvalue weighted by Crippen LogP contribution is 2.33. The molecule has 0 radical (unpaired) electrons. The van der Waals surface area contributed by atoms with Gasteiger partial charge in [0.2, 0.25) is 0 Å². The van der Waals surface area contributed by atoms with Crippen molar-refractivity contribution in [3.63, 3.8) is 0 Å². The molecule has 0 aromatic carbocycles. The summed E-state index contributed by atoms with van der Waals surface area (Å²) < 4.78 is 2.36. The molecule has 0 bridgehead atoms. The smallest absolute Gasteiger partial charge is 0.0843 e. The molecule has 1 saturated carbocycles. The highest BCUT2D eigenvalue weighted by molar-refractivity contribution is 9.13. The van der Waals surface area contributed by atoms with Crippen molar-refractivity contribution in [3.05, 3.63) is 19.2 Å². The van der Waals surface area contributed by atoms with Crippen LogP contribution in [0.3, 0.4) is 0 Å². The van der Waals surface area contributed by atoms with Crippen molar-refractivity contribution in [3.8, 4) is 0 Å². The van der Waals surface area contributed by atoms with Gasteiger partial charge in [-0.3, -0.25) is 0 Å². The van der Waals surface area contributed by atoms with Gasteiger partial charge >= 0.3 is 0 Å². The number of hydrogen-bond acceptors (Lipinski definition) is 2. The predicted molar refractivity (Wildman–Crippen MR) is 68.7 cm³/mol. The largest absolute Gasteiger partial charge is 0.309 e. The molecule has 14 heavy (non-hydrogen) atoms. The van der Waals surface area contributed by atoms with Gasteiger partial charge in [-0.25, -0.2) is 0 Å². The lowest BCUT2D eigenvalue weighted by atomic mass is 9.82. The van der Waals surface area contributed by atoms with Gasteiger partial charge < -0.3 is 5.32 Å². The van der Waals surface area contributed by atoms with Gasteiger partial charge in [0.05, 0.1) is 3.79 Å². The molecule has 1 aliphatic carbocycles. The van der Waals surface area contributed by atoms with Crippen LogP contribution in [0.25, 0.3) is 0 Å². The van der Waals surface area contributed by atoms with Gasteiger partial charge in [0, 0.05) is 21.9 Å². The van der Waals surface area contributed by atoms with Crippen molar-refractivity contribution in [2.45, 2.75) is 32.4 Å². The number of rotatable bonds is 3. The van der Waals surface area contributed by atoms with E-state index in [0.717, 1.165) is 18.5 Å². The number of thiophene rings is 1. The molecule has 1 aromatic rings. The van der Waals surface area contributed by atoms with E-state index in [2.05, 4.69) is 50.2 Å². The molecule has 1 aliphatic rings. The van der Waals surface area contributed by atoms with E-state index < -0.39 is 0 Å². The molecule has 1 N–H and O–H groups in total. The Hall–Kier alpha value is 0.620. The van der Waals surface area contributed by atoms with E-state index in [-0.39, 0.29) is 0 Å². The second-order valence-electron chi connectivity index (χ2n) is 3.99. The molecule has 1 heterocycles. The molecule has 78 valence electrons. The fraction of sp³-hybridized carbons (Fsp3) is 0.600. The first-order chi connectivity index (χ1) is 6.65. The lowest BCUT2D eigenvalue weighted by Crippen LogP contribution is -2.39. The highest BCUT2D eigenvalue weighted by Gasteiger charge is 2.24. The van der Waals surface area contributed by atoms with Gasteiger partial charge in [0.1, 0.15) is 0 Å². The Morgan fingerprint density at radius 1 is 1.50 bits per heavy atom. The van der Waals surface area contributed by atoms with Crippen molar-refractivity contribution in [1.29, 1.82) is 0 Å². The zero-order valence-electron chi connectivity index (χ0n) is 8.02. The van der Waals surface area contributed by atoms with Crippen LogP contribution in [0.5, 0.6) is 0 Å². The van der Waals surface area contributed by atoms with Crippen molar-refractivity contribution in [1.82, 2.24) is 5.32 Å². The van der Waals surface area contributed by atoms with Gasteiger partial charge in [-0.2, -0.15) is 0 Å². The Morgan fingerprint density at radius 2 is 2.21 bits per heavy atom. The Morgan fingerprint density at radius 3 is 2.71 bits per heavy atom. The molecular weight excluding hydrogens is 326 g/mol. The number of nitrogens with one attached hydrogen (secondary N) is 1. The second-order valence-corrected chi connectivity index (χ2v) is 7.30. The average Bonchev–Trinajstić information content (AvgIpc) is 2.39. The Bertz CT molecular complexity index is 298. The summed E-state index contributed by atoms with van der Waals surface area (Å²) >= 11 is 8.81. The quantitative estimate of drug-likeness (QED) is 0.872. The highest BCUT2D eigenvalue weighted by atomic mass is 79.9. The van der Waals surface area contributed by atoms with Gasteiger partial charge in [-0.1, -0.05) is 6.92 Å². The molecule has 0 aliphatic heterocycles. The number of halogens is 2. The lowest BCUT2D eigenvalue weighted by Gasteiger charge is -2.33. The summed E-state index contributed by atoms with van der Waals surface area (Å²) in [4.78, 5) is 1.39. The summed E-state index contributed by atoms with van der Waals surface area (Å²) in [6.45, 7) is 3.32. The van der Waals surface area contributed by atoms with E-state index in [1.165, 1.54) is 26.0 Å². The van der Waals surface area contributed by atoms with E-state index in [1.54, 1.807) is 11.3 Å². The maximum absolute atomic E-state index is 3.58. The van der Waals surface area contributed by atoms with E-state index >= 15 is 0 Å². The van der Waals surface area contributed by atoms with Crippen LogP contribution in [0.1, 0.15) is 24.6 Å². The summed E-state index contributed by atoms with van der Waals surface area (Å²) in [7, 11) is 0. The van der Waals surface area contributed by atoms with Crippen LogP contribution in [0.15, 0.2) is 14.3 Å². The molecule has 4 heteroatoms.